The first-order valence-corrected chi connectivity index (χ1v) is 11.2. The molecule has 7 nitrogen and oxygen atoms in total. The summed E-state index contributed by atoms with van der Waals surface area (Å²) in [5, 5.41) is 0. The zero-order chi connectivity index (χ0) is 22.6. The van der Waals surface area contributed by atoms with Crippen LogP contribution < -0.4 is 4.90 Å². The number of hydrogen-bond acceptors (Lipinski definition) is 6. The molecule has 0 unspecified atom stereocenters. The van der Waals surface area contributed by atoms with Crippen LogP contribution in [0.4, 0.5) is 5.95 Å². The Morgan fingerprint density at radius 1 is 0.788 bits per heavy atom. The highest BCUT2D eigenvalue weighted by atomic mass is 16.2. The Bertz CT molecular complexity index is 1140. The quantitative estimate of drug-likeness (QED) is 0.549. The van der Waals surface area contributed by atoms with Crippen molar-refractivity contribution in [3.05, 3.63) is 95.8 Å². The van der Waals surface area contributed by atoms with Crippen molar-refractivity contribution in [3.63, 3.8) is 0 Å². The van der Waals surface area contributed by atoms with Crippen molar-refractivity contribution >= 4 is 23.5 Å². The molecule has 2 amide bonds. The number of fused-ring (bicyclic) bond motifs is 1. The lowest BCUT2D eigenvalue weighted by Crippen LogP contribution is -2.46. The molecular weight excluding hydrogens is 414 g/mol. The van der Waals surface area contributed by atoms with Crippen LogP contribution >= 0.6 is 0 Å². The van der Waals surface area contributed by atoms with Gasteiger partial charge in [-0.25, -0.2) is 9.97 Å². The fraction of sp³-hybridized carbons (Fsp3) is 0.231. The molecule has 0 N–H and O–H groups in total. The second-order valence-electron chi connectivity index (χ2n) is 8.07. The highest BCUT2D eigenvalue weighted by Gasteiger charge is 2.34. The maximum atomic E-state index is 12.7. The molecule has 2 aromatic carbocycles. The van der Waals surface area contributed by atoms with Gasteiger partial charge in [-0.3, -0.25) is 14.5 Å². The molecule has 33 heavy (non-hydrogen) atoms. The van der Waals surface area contributed by atoms with Gasteiger partial charge in [0.05, 0.1) is 11.1 Å². The highest BCUT2D eigenvalue weighted by molar-refractivity contribution is 6.21. The highest BCUT2D eigenvalue weighted by Crippen LogP contribution is 2.25. The summed E-state index contributed by atoms with van der Waals surface area (Å²) in [6.45, 7) is 3.69. The van der Waals surface area contributed by atoms with E-state index in [1.165, 1.54) is 4.90 Å². The Hall–Kier alpha value is -4.00. The van der Waals surface area contributed by atoms with Crippen molar-refractivity contribution in [2.45, 2.75) is 6.42 Å². The first kappa shape index (κ1) is 20.9. The number of rotatable bonds is 6. The summed E-state index contributed by atoms with van der Waals surface area (Å²) in [5.41, 5.74) is 3.24. The molecule has 166 valence electrons. The predicted molar refractivity (Wildman–Crippen MR) is 127 cm³/mol. The molecule has 0 aliphatic carbocycles. The molecule has 1 aromatic heterocycles. The summed E-state index contributed by atoms with van der Waals surface area (Å²) in [7, 11) is 0. The molecule has 2 aliphatic rings. The van der Waals surface area contributed by atoms with Crippen LogP contribution in [-0.4, -0.2) is 64.3 Å². The first-order chi connectivity index (χ1) is 16.2. The fourth-order valence-corrected chi connectivity index (χ4v) is 4.41. The van der Waals surface area contributed by atoms with E-state index in [9.17, 15) is 9.59 Å². The van der Waals surface area contributed by atoms with Gasteiger partial charge in [-0.05, 0) is 30.2 Å². The lowest BCUT2D eigenvalue weighted by molar-refractivity contribution is 0.0657. The number of anilines is 1. The maximum absolute atomic E-state index is 12.7. The van der Waals surface area contributed by atoms with Crippen molar-refractivity contribution in [3.8, 4) is 0 Å². The van der Waals surface area contributed by atoms with Crippen LogP contribution in [0.3, 0.4) is 0 Å². The molecule has 1 fully saturated rings. The molecule has 0 spiro atoms. The summed E-state index contributed by atoms with van der Waals surface area (Å²) in [6, 6.07) is 19.1. The molecule has 0 radical (unpaired) electrons. The SMILES string of the molecule is O=C1c2ccccc2C(=O)N1CCC=C(c1ccccc1)N1CCN(c2ncccn2)CC1. The maximum Gasteiger partial charge on any atom is 0.261 e. The minimum atomic E-state index is -0.207. The van der Waals surface area contributed by atoms with Crippen molar-refractivity contribution < 1.29 is 9.59 Å². The lowest BCUT2D eigenvalue weighted by atomic mass is 10.1. The van der Waals surface area contributed by atoms with Crippen LogP contribution in [0, 0.1) is 0 Å². The molecule has 1 saturated heterocycles. The third-order valence-electron chi connectivity index (χ3n) is 6.09. The summed E-state index contributed by atoms with van der Waals surface area (Å²) in [6.07, 6.45) is 6.28. The topological polar surface area (TPSA) is 69.6 Å². The molecule has 7 heteroatoms. The van der Waals surface area contributed by atoms with Gasteiger partial charge in [0.25, 0.3) is 11.8 Å². The molecule has 0 saturated carbocycles. The van der Waals surface area contributed by atoms with Crippen molar-refractivity contribution in [1.29, 1.82) is 0 Å². The zero-order valence-electron chi connectivity index (χ0n) is 18.3. The van der Waals surface area contributed by atoms with E-state index >= 15 is 0 Å². The second kappa shape index (κ2) is 9.24. The van der Waals surface area contributed by atoms with Gasteiger partial charge < -0.3 is 9.80 Å². The fourth-order valence-electron chi connectivity index (χ4n) is 4.41. The molecule has 5 rings (SSSR count). The molecule has 3 heterocycles. The summed E-state index contributed by atoms with van der Waals surface area (Å²) < 4.78 is 0. The number of aromatic nitrogens is 2. The summed E-state index contributed by atoms with van der Waals surface area (Å²) >= 11 is 0. The van der Waals surface area contributed by atoms with Gasteiger partial charge in [-0.1, -0.05) is 48.5 Å². The van der Waals surface area contributed by atoms with Crippen LogP contribution in [0.2, 0.25) is 0 Å². The number of imide groups is 1. The largest absolute Gasteiger partial charge is 0.368 e. The van der Waals surface area contributed by atoms with Gasteiger partial charge in [-0.2, -0.15) is 0 Å². The lowest BCUT2D eigenvalue weighted by Gasteiger charge is -2.37. The normalized spacial score (nSPS) is 16.4. The Labute approximate surface area is 193 Å². The molecule has 0 bridgehead atoms. The van der Waals surface area contributed by atoms with Crippen LogP contribution in [-0.2, 0) is 0 Å². The van der Waals surface area contributed by atoms with E-state index in [1.807, 2.05) is 24.3 Å². The van der Waals surface area contributed by atoms with Gasteiger partial charge in [0.15, 0.2) is 0 Å². The van der Waals surface area contributed by atoms with Crippen molar-refractivity contribution in [2.24, 2.45) is 0 Å². The van der Waals surface area contributed by atoms with E-state index in [2.05, 4.69) is 38.0 Å². The Kier molecular flexibility index (Phi) is 5.85. The smallest absolute Gasteiger partial charge is 0.261 e. The van der Waals surface area contributed by atoms with E-state index in [0.29, 0.717) is 24.1 Å². The van der Waals surface area contributed by atoms with E-state index in [-0.39, 0.29) is 11.8 Å². The van der Waals surface area contributed by atoms with E-state index in [1.54, 1.807) is 36.7 Å². The molecule has 2 aliphatic heterocycles. The molecular formula is C26H25N5O2. The Morgan fingerprint density at radius 2 is 1.39 bits per heavy atom. The standard InChI is InChI=1S/C26H25N5O2/c32-24-21-10-4-5-11-22(21)25(33)31(24)15-6-12-23(20-8-2-1-3-9-20)29-16-18-30(19-17-29)26-27-13-7-14-28-26/h1-5,7-14H,6,15-19H2. The van der Waals surface area contributed by atoms with Gasteiger partial charge in [0.2, 0.25) is 5.95 Å². The van der Waals surface area contributed by atoms with E-state index < -0.39 is 0 Å². The van der Waals surface area contributed by atoms with Crippen LogP contribution in [0.15, 0.2) is 79.1 Å². The number of amides is 2. The van der Waals surface area contributed by atoms with Gasteiger partial charge in [-0.15, -0.1) is 0 Å². The number of hydrogen-bond donors (Lipinski definition) is 0. The van der Waals surface area contributed by atoms with Crippen LogP contribution in [0.5, 0.6) is 0 Å². The molecule has 0 atom stereocenters. The average Bonchev–Trinajstić information content (AvgIpc) is 3.13. The Morgan fingerprint density at radius 3 is 2.03 bits per heavy atom. The van der Waals surface area contributed by atoms with Crippen LogP contribution in [0.25, 0.3) is 5.70 Å². The summed E-state index contributed by atoms with van der Waals surface area (Å²) in [5.74, 6) is 0.344. The monoisotopic (exact) mass is 439 g/mol. The second-order valence-corrected chi connectivity index (χ2v) is 8.07. The van der Waals surface area contributed by atoms with Crippen molar-refractivity contribution in [2.75, 3.05) is 37.6 Å². The van der Waals surface area contributed by atoms with Gasteiger partial charge >= 0.3 is 0 Å². The minimum absolute atomic E-state index is 0.207. The summed E-state index contributed by atoms with van der Waals surface area (Å²) in [4.78, 5) is 40.0. The number of carbonyl (C=O) groups excluding carboxylic acids is 2. The first-order valence-electron chi connectivity index (χ1n) is 11.2. The van der Waals surface area contributed by atoms with Crippen LogP contribution in [0.1, 0.15) is 32.7 Å². The average molecular weight is 440 g/mol. The third-order valence-corrected chi connectivity index (χ3v) is 6.09. The van der Waals surface area contributed by atoms with Gasteiger partial charge in [0.1, 0.15) is 0 Å². The Balaban J connectivity index is 1.30. The minimum Gasteiger partial charge on any atom is -0.368 e. The third kappa shape index (κ3) is 4.22. The number of benzene rings is 2. The molecule has 3 aromatic rings. The predicted octanol–water partition coefficient (Wildman–Crippen LogP) is 3.33. The zero-order valence-corrected chi connectivity index (χ0v) is 18.3. The van der Waals surface area contributed by atoms with Gasteiger partial charge in [0, 0.05) is 50.8 Å². The number of nitrogens with zero attached hydrogens (tertiary/aromatic N) is 5. The van der Waals surface area contributed by atoms with Crippen molar-refractivity contribution in [1.82, 2.24) is 19.8 Å². The number of carbonyl (C=O) groups is 2. The number of piperazine rings is 1. The van der Waals surface area contributed by atoms with E-state index in [4.69, 9.17) is 0 Å². The van der Waals surface area contributed by atoms with E-state index in [0.717, 1.165) is 43.4 Å².